The lowest BCUT2D eigenvalue weighted by Crippen LogP contribution is -2.10. The standard InChI is InChI=1S/C20H19ClN4O2S/c1-3-18(27)22-16-10-6-13(7-11-16)17(26)12-28-20-24-23-19(25(20)2)14-4-8-15(21)9-5-14/h4-11H,3,12H2,1-2H3,(H,22,27). The lowest BCUT2D eigenvalue weighted by molar-refractivity contribution is -0.115. The number of carbonyl (C=O) groups is 2. The Bertz CT molecular complexity index is 984. The van der Waals surface area contributed by atoms with Crippen LogP contribution in [0.2, 0.25) is 5.02 Å². The monoisotopic (exact) mass is 414 g/mol. The van der Waals surface area contributed by atoms with Gasteiger partial charge in [-0.2, -0.15) is 0 Å². The number of hydrogen-bond donors (Lipinski definition) is 1. The van der Waals surface area contributed by atoms with Crippen molar-refractivity contribution in [1.82, 2.24) is 14.8 Å². The Balaban J connectivity index is 1.63. The van der Waals surface area contributed by atoms with Crippen LogP contribution in [0.1, 0.15) is 23.7 Å². The van der Waals surface area contributed by atoms with E-state index in [1.807, 2.05) is 23.7 Å². The van der Waals surface area contributed by atoms with Crippen molar-refractivity contribution in [2.45, 2.75) is 18.5 Å². The van der Waals surface area contributed by atoms with Gasteiger partial charge in [-0.3, -0.25) is 9.59 Å². The van der Waals surface area contributed by atoms with E-state index < -0.39 is 0 Å². The van der Waals surface area contributed by atoms with Crippen LogP contribution < -0.4 is 5.32 Å². The zero-order valence-electron chi connectivity index (χ0n) is 15.5. The number of Topliss-reactive ketones (excluding diaryl/α,β-unsaturated/α-hetero) is 1. The van der Waals surface area contributed by atoms with Crippen LogP contribution in [-0.4, -0.2) is 32.2 Å². The molecule has 0 spiro atoms. The number of aromatic nitrogens is 3. The third-order valence-electron chi connectivity index (χ3n) is 4.08. The summed E-state index contributed by atoms with van der Waals surface area (Å²) in [6.07, 6.45) is 0.410. The van der Waals surface area contributed by atoms with Crippen molar-refractivity contribution < 1.29 is 9.59 Å². The number of amides is 1. The van der Waals surface area contributed by atoms with Crippen molar-refractivity contribution in [3.8, 4) is 11.4 Å². The second-order valence-electron chi connectivity index (χ2n) is 6.06. The summed E-state index contributed by atoms with van der Waals surface area (Å²) in [5.74, 6) is 0.873. The van der Waals surface area contributed by atoms with Crippen LogP contribution in [0, 0.1) is 0 Å². The Morgan fingerprint density at radius 1 is 1.07 bits per heavy atom. The molecule has 0 unspecified atom stereocenters. The molecule has 1 aromatic heterocycles. The average Bonchev–Trinajstić information content (AvgIpc) is 3.07. The van der Waals surface area contributed by atoms with Gasteiger partial charge in [0.15, 0.2) is 16.8 Å². The van der Waals surface area contributed by atoms with Gasteiger partial charge in [-0.15, -0.1) is 10.2 Å². The number of rotatable bonds is 7. The zero-order chi connectivity index (χ0) is 20.1. The van der Waals surface area contributed by atoms with E-state index in [1.165, 1.54) is 11.8 Å². The SMILES string of the molecule is CCC(=O)Nc1ccc(C(=O)CSc2nnc(-c3ccc(Cl)cc3)n2C)cc1. The molecule has 3 aromatic rings. The van der Waals surface area contributed by atoms with Gasteiger partial charge in [0.25, 0.3) is 0 Å². The Morgan fingerprint density at radius 2 is 1.75 bits per heavy atom. The highest BCUT2D eigenvalue weighted by Gasteiger charge is 2.14. The summed E-state index contributed by atoms with van der Waals surface area (Å²) in [5.41, 5.74) is 2.17. The molecule has 2 aromatic carbocycles. The molecule has 0 aliphatic heterocycles. The molecule has 3 rings (SSSR count). The first kappa shape index (κ1) is 20.1. The molecule has 0 aliphatic carbocycles. The van der Waals surface area contributed by atoms with Crippen LogP contribution in [0.5, 0.6) is 0 Å². The highest BCUT2D eigenvalue weighted by Crippen LogP contribution is 2.24. The summed E-state index contributed by atoms with van der Waals surface area (Å²) < 4.78 is 1.85. The van der Waals surface area contributed by atoms with Gasteiger partial charge < -0.3 is 9.88 Å². The number of hydrogen-bond acceptors (Lipinski definition) is 5. The van der Waals surface area contributed by atoms with E-state index in [4.69, 9.17) is 11.6 Å². The van der Waals surface area contributed by atoms with Crippen LogP contribution in [-0.2, 0) is 11.8 Å². The van der Waals surface area contributed by atoms with Crippen LogP contribution in [0.15, 0.2) is 53.7 Å². The number of nitrogens with one attached hydrogen (secondary N) is 1. The summed E-state index contributed by atoms with van der Waals surface area (Å²) in [6, 6.07) is 14.2. The molecular weight excluding hydrogens is 396 g/mol. The molecule has 1 heterocycles. The Hall–Kier alpha value is -2.64. The molecule has 1 amide bonds. The minimum Gasteiger partial charge on any atom is -0.326 e. The van der Waals surface area contributed by atoms with Crippen LogP contribution in [0.25, 0.3) is 11.4 Å². The summed E-state index contributed by atoms with van der Waals surface area (Å²) in [4.78, 5) is 23.9. The molecule has 0 radical (unpaired) electrons. The van der Waals surface area contributed by atoms with Gasteiger partial charge >= 0.3 is 0 Å². The van der Waals surface area contributed by atoms with Crippen molar-refractivity contribution in [2.24, 2.45) is 7.05 Å². The topological polar surface area (TPSA) is 76.9 Å². The molecule has 0 fully saturated rings. The van der Waals surface area contributed by atoms with E-state index >= 15 is 0 Å². The minimum atomic E-state index is -0.0617. The van der Waals surface area contributed by atoms with Gasteiger partial charge in [-0.1, -0.05) is 30.3 Å². The molecular formula is C20H19ClN4O2S. The van der Waals surface area contributed by atoms with Crippen molar-refractivity contribution in [1.29, 1.82) is 0 Å². The molecule has 0 aliphatic rings. The van der Waals surface area contributed by atoms with Gasteiger partial charge in [-0.25, -0.2) is 0 Å². The van der Waals surface area contributed by atoms with Crippen LogP contribution in [0.3, 0.4) is 0 Å². The van der Waals surface area contributed by atoms with Crippen molar-refractivity contribution >= 4 is 40.7 Å². The summed E-state index contributed by atoms with van der Waals surface area (Å²) >= 11 is 7.25. The van der Waals surface area contributed by atoms with Gasteiger partial charge in [0.2, 0.25) is 5.91 Å². The first-order valence-corrected chi connectivity index (χ1v) is 10.1. The predicted molar refractivity (Wildman–Crippen MR) is 112 cm³/mol. The number of thioether (sulfide) groups is 1. The first-order chi connectivity index (χ1) is 13.5. The first-order valence-electron chi connectivity index (χ1n) is 8.69. The molecule has 144 valence electrons. The van der Waals surface area contributed by atoms with Crippen LogP contribution >= 0.6 is 23.4 Å². The maximum absolute atomic E-state index is 12.5. The molecule has 0 bridgehead atoms. The molecule has 0 atom stereocenters. The second kappa shape index (κ2) is 9.03. The predicted octanol–water partition coefficient (Wildman–Crippen LogP) is 4.46. The van der Waals surface area contributed by atoms with E-state index in [0.717, 1.165) is 5.56 Å². The second-order valence-corrected chi connectivity index (χ2v) is 7.44. The summed E-state index contributed by atoms with van der Waals surface area (Å²) in [7, 11) is 1.86. The summed E-state index contributed by atoms with van der Waals surface area (Å²) in [5, 5.41) is 12.5. The van der Waals surface area contributed by atoms with Crippen molar-refractivity contribution in [3.05, 3.63) is 59.1 Å². The number of halogens is 1. The van der Waals surface area contributed by atoms with Crippen molar-refractivity contribution in [2.75, 3.05) is 11.1 Å². The fraction of sp³-hybridized carbons (Fsp3) is 0.200. The molecule has 0 saturated heterocycles. The maximum Gasteiger partial charge on any atom is 0.224 e. The minimum absolute atomic E-state index is 0.0191. The van der Waals surface area contributed by atoms with Crippen molar-refractivity contribution in [3.63, 3.8) is 0 Å². The quantitative estimate of drug-likeness (QED) is 0.456. The smallest absolute Gasteiger partial charge is 0.224 e. The Morgan fingerprint density at radius 3 is 2.39 bits per heavy atom. The maximum atomic E-state index is 12.5. The largest absolute Gasteiger partial charge is 0.326 e. The number of benzene rings is 2. The van der Waals surface area contributed by atoms with E-state index in [1.54, 1.807) is 43.3 Å². The fourth-order valence-corrected chi connectivity index (χ4v) is 3.42. The lowest BCUT2D eigenvalue weighted by atomic mass is 10.1. The highest BCUT2D eigenvalue weighted by atomic mass is 35.5. The van der Waals surface area contributed by atoms with E-state index in [9.17, 15) is 9.59 Å². The number of anilines is 1. The van der Waals surface area contributed by atoms with E-state index in [0.29, 0.717) is 33.7 Å². The Kier molecular flexibility index (Phi) is 6.49. The fourth-order valence-electron chi connectivity index (χ4n) is 2.49. The number of ketones is 1. The molecule has 28 heavy (non-hydrogen) atoms. The highest BCUT2D eigenvalue weighted by molar-refractivity contribution is 7.99. The molecule has 6 nitrogen and oxygen atoms in total. The van der Waals surface area contributed by atoms with E-state index in [-0.39, 0.29) is 17.4 Å². The van der Waals surface area contributed by atoms with Gasteiger partial charge in [0.1, 0.15) is 0 Å². The molecule has 1 N–H and O–H groups in total. The number of carbonyl (C=O) groups excluding carboxylic acids is 2. The van der Waals surface area contributed by atoms with E-state index in [2.05, 4.69) is 15.5 Å². The third-order valence-corrected chi connectivity index (χ3v) is 5.35. The van der Waals surface area contributed by atoms with Gasteiger partial charge in [0.05, 0.1) is 5.75 Å². The van der Waals surface area contributed by atoms with Gasteiger partial charge in [0, 0.05) is 35.3 Å². The number of nitrogens with zero attached hydrogens (tertiary/aromatic N) is 3. The molecule has 8 heteroatoms. The summed E-state index contributed by atoms with van der Waals surface area (Å²) in [6.45, 7) is 1.79. The zero-order valence-corrected chi connectivity index (χ0v) is 17.0. The third kappa shape index (κ3) is 4.79. The van der Waals surface area contributed by atoms with Crippen LogP contribution in [0.4, 0.5) is 5.69 Å². The molecule has 0 saturated carbocycles. The Labute approximate surface area is 172 Å². The lowest BCUT2D eigenvalue weighted by Gasteiger charge is -2.06. The van der Waals surface area contributed by atoms with Gasteiger partial charge in [-0.05, 0) is 48.5 Å². The average molecular weight is 415 g/mol. The normalized spacial score (nSPS) is 10.7.